The minimum atomic E-state index is 0.418. The van der Waals surface area contributed by atoms with Crippen molar-refractivity contribution < 1.29 is 0 Å². The van der Waals surface area contributed by atoms with Crippen LogP contribution in [0, 0.1) is 18.3 Å². The highest BCUT2D eigenvalue weighted by Gasteiger charge is 2.14. The van der Waals surface area contributed by atoms with E-state index < -0.39 is 0 Å². The third-order valence-corrected chi connectivity index (χ3v) is 4.38. The Morgan fingerprint density at radius 1 is 1.22 bits per heavy atom. The second-order valence-electron chi connectivity index (χ2n) is 5.21. The molecule has 3 rings (SSSR count). The van der Waals surface area contributed by atoms with E-state index in [0.29, 0.717) is 5.69 Å². The Balaban J connectivity index is 0.000000924. The fourth-order valence-electron chi connectivity index (χ4n) is 2.52. The van der Waals surface area contributed by atoms with Crippen LogP contribution in [-0.4, -0.2) is 22.4 Å². The van der Waals surface area contributed by atoms with E-state index in [0.717, 1.165) is 35.2 Å². The first-order chi connectivity index (χ1) is 11.3. The van der Waals surface area contributed by atoms with E-state index >= 15 is 0 Å². The molecule has 2 aromatic heterocycles. The Labute approximate surface area is 142 Å². The summed E-state index contributed by atoms with van der Waals surface area (Å²) in [6.07, 6.45) is 5.53. The molecule has 1 N–H and O–H groups in total. The largest absolute Gasteiger partial charge is 0.370 e. The van der Waals surface area contributed by atoms with Crippen molar-refractivity contribution in [2.24, 2.45) is 0 Å². The quantitative estimate of drug-likeness (QED) is 0.899. The Kier molecular flexibility index (Phi) is 6.36. The minimum absolute atomic E-state index is 0.418. The van der Waals surface area contributed by atoms with Crippen molar-refractivity contribution in [3.8, 4) is 6.07 Å². The van der Waals surface area contributed by atoms with Crippen LogP contribution >= 0.6 is 11.5 Å². The van der Waals surface area contributed by atoms with Crippen molar-refractivity contribution in [1.82, 2.24) is 9.36 Å². The van der Waals surface area contributed by atoms with Gasteiger partial charge in [0.1, 0.15) is 11.1 Å². The van der Waals surface area contributed by atoms with Gasteiger partial charge >= 0.3 is 0 Å². The minimum Gasteiger partial charge on any atom is -0.370 e. The highest BCUT2D eigenvalue weighted by Crippen LogP contribution is 2.28. The molecular formula is C17H23N5S. The Bertz CT molecular complexity index is 668. The molecular weight excluding hydrogens is 306 g/mol. The van der Waals surface area contributed by atoms with E-state index in [4.69, 9.17) is 0 Å². The number of nitriles is 1. The zero-order valence-corrected chi connectivity index (χ0v) is 14.8. The molecule has 1 aliphatic rings. The van der Waals surface area contributed by atoms with E-state index in [-0.39, 0.29) is 0 Å². The van der Waals surface area contributed by atoms with E-state index in [9.17, 15) is 5.26 Å². The second kappa shape index (κ2) is 8.49. The lowest BCUT2D eigenvalue weighted by Crippen LogP contribution is -2.29. The smallest absolute Gasteiger partial charge is 0.164 e. The number of hydrogen-bond donors (Lipinski definition) is 1. The predicted octanol–water partition coefficient (Wildman–Crippen LogP) is 4.48. The fraction of sp³-hybridized carbons (Fsp3) is 0.471. The molecule has 6 heteroatoms. The third-order valence-electron chi connectivity index (χ3n) is 3.59. The van der Waals surface area contributed by atoms with Crippen LogP contribution in [0.5, 0.6) is 0 Å². The fourth-order valence-corrected chi connectivity index (χ4v) is 3.19. The highest BCUT2D eigenvalue weighted by atomic mass is 32.1. The molecule has 0 amide bonds. The maximum absolute atomic E-state index is 9.22. The van der Waals surface area contributed by atoms with Gasteiger partial charge in [0.25, 0.3) is 0 Å². The Hall–Kier alpha value is -2.13. The number of anilines is 3. The molecule has 0 radical (unpaired) electrons. The first-order valence-electron chi connectivity index (χ1n) is 8.12. The van der Waals surface area contributed by atoms with Gasteiger partial charge in [0.15, 0.2) is 5.69 Å². The Morgan fingerprint density at radius 3 is 2.57 bits per heavy atom. The zero-order chi connectivity index (χ0) is 16.7. The molecule has 0 saturated carbocycles. The van der Waals surface area contributed by atoms with Gasteiger partial charge in [0.05, 0.1) is 23.3 Å². The van der Waals surface area contributed by atoms with Crippen LogP contribution < -0.4 is 10.2 Å². The summed E-state index contributed by atoms with van der Waals surface area (Å²) in [6, 6.07) is 6.14. The molecule has 23 heavy (non-hydrogen) atoms. The second-order valence-corrected chi connectivity index (χ2v) is 6.01. The highest BCUT2D eigenvalue weighted by molar-refractivity contribution is 7.10. The monoisotopic (exact) mass is 329 g/mol. The molecule has 3 heterocycles. The topological polar surface area (TPSA) is 64.8 Å². The molecule has 5 nitrogen and oxygen atoms in total. The number of nitrogens with zero attached hydrogens (tertiary/aromatic N) is 4. The molecule has 122 valence electrons. The summed E-state index contributed by atoms with van der Waals surface area (Å²) in [6.45, 7) is 8.08. The number of pyridine rings is 1. The molecule has 2 aromatic rings. The van der Waals surface area contributed by atoms with Gasteiger partial charge in [0.2, 0.25) is 0 Å². The van der Waals surface area contributed by atoms with E-state index in [1.54, 1.807) is 6.20 Å². The summed E-state index contributed by atoms with van der Waals surface area (Å²) in [5, 5.41) is 13.4. The lowest BCUT2D eigenvalue weighted by molar-refractivity contribution is 0.577. The van der Waals surface area contributed by atoms with Crippen LogP contribution in [0.2, 0.25) is 0 Å². The van der Waals surface area contributed by atoms with Gasteiger partial charge in [-0.05, 0) is 49.9 Å². The van der Waals surface area contributed by atoms with Crippen molar-refractivity contribution >= 4 is 27.9 Å². The van der Waals surface area contributed by atoms with Crippen LogP contribution in [0.15, 0.2) is 18.3 Å². The van der Waals surface area contributed by atoms with Crippen LogP contribution in [0.3, 0.4) is 0 Å². The predicted molar refractivity (Wildman–Crippen MR) is 96.5 cm³/mol. The average molecular weight is 329 g/mol. The van der Waals surface area contributed by atoms with E-state index in [2.05, 4.69) is 25.6 Å². The standard InChI is InChI=1S/C15H17N5S.C2H6/c1-11-7-15(21-19-11)18-13-8-12(10-17-14(13)9-16)20-5-3-2-4-6-20;1-2/h7-8,10,18H,2-6H2,1H3;1-2H3. The molecule has 0 aromatic carbocycles. The number of aromatic nitrogens is 2. The molecule has 0 unspecified atom stereocenters. The lowest BCUT2D eigenvalue weighted by atomic mass is 10.1. The number of nitrogens with one attached hydrogen (secondary N) is 1. The van der Waals surface area contributed by atoms with Gasteiger partial charge < -0.3 is 10.2 Å². The van der Waals surface area contributed by atoms with Crippen LogP contribution in [0.1, 0.15) is 44.5 Å². The van der Waals surface area contributed by atoms with Gasteiger partial charge in [-0.25, -0.2) is 4.98 Å². The molecule has 1 fully saturated rings. The number of hydrogen-bond acceptors (Lipinski definition) is 6. The lowest BCUT2D eigenvalue weighted by Gasteiger charge is -2.28. The van der Waals surface area contributed by atoms with E-state index in [1.807, 2.05) is 32.9 Å². The number of piperidine rings is 1. The van der Waals surface area contributed by atoms with Gasteiger partial charge in [0, 0.05) is 13.1 Å². The summed E-state index contributed by atoms with van der Waals surface area (Å²) >= 11 is 1.39. The van der Waals surface area contributed by atoms with Gasteiger partial charge in [-0.1, -0.05) is 13.8 Å². The summed E-state index contributed by atoms with van der Waals surface area (Å²) in [4.78, 5) is 6.63. The van der Waals surface area contributed by atoms with Crippen molar-refractivity contribution in [2.45, 2.75) is 40.0 Å². The van der Waals surface area contributed by atoms with Crippen LogP contribution in [0.25, 0.3) is 0 Å². The zero-order valence-electron chi connectivity index (χ0n) is 14.0. The van der Waals surface area contributed by atoms with E-state index in [1.165, 1.54) is 30.8 Å². The maximum atomic E-state index is 9.22. The number of aryl methyl sites for hydroxylation is 1. The molecule has 0 atom stereocenters. The van der Waals surface area contributed by atoms with Crippen LogP contribution in [0.4, 0.5) is 16.4 Å². The molecule has 1 saturated heterocycles. The molecule has 1 aliphatic heterocycles. The maximum Gasteiger partial charge on any atom is 0.164 e. The summed E-state index contributed by atoms with van der Waals surface area (Å²) in [5.74, 6) is 0. The molecule has 0 spiro atoms. The normalized spacial score (nSPS) is 13.7. The first kappa shape index (κ1) is 17.2. The Morgan fingerprint density at radius 2 is 1.96 bits per heavy atom. The van der Waals surface area contributed by atoms with Crippen molar-refractivity contribution in [3.05, 3.63) is 29.7 Å². The van der Waals surface area contributed by atoms with Gasteiger partial charge in [-0.15, -0.1) is 0 Å². The van der Waals surface area contributed by atoms with Crippen molar-refractivity contribution in [2.75, 3.05) is 23.3 Å². The number of rotatable bonds is 3. The summed E-state index contributed by atoms with van der Waals surface area (Å²) in [7, 11) is 0. The van der Waals surface area contributed by atoms with Crippen molar-refractivity contribution in [1.29, 1.82) is 5.26 Å². The SMILES string of the molecule is CC.Cc1cc(Nc2cc(N3CCCCC3)cnc2C#N)sn1. The van der Waals surface area contributed by atoms with Crippen LogP contribution in [-0.2, 0) is 0 Å². The summed E-state index contributed by atoms with van der Waals surface area (Å²) < 4.78 is 4.25. The summed E-state index contributed by atoms with van der Waals surface area (Å²) in [5.41, 5.74) is 3.23. The van der Waals surface area contributed by atoms with Crippen molar-refractivity contribution in [3.63, 3.8) is 0 Å². The average Bonchev–Trinajstić information content (AvgIpc) is 3.02. The first-order valence-corrected chi connectivity index (χ1v) is 8.89. The molecule has 0 bridgehead atoms. The molecule has 0 aliphatic carbocycles. The van der Waals surface area contributed by atoms with Gasteiger partial charge in [-0.2, -0.15) is 9.64 Å². The van der Waals surface area contributed by atoms with Gasteiger partial charge in [-0.3, -0.25) is 0 Å². The third kappa shape index (κ3) is 4.42.